The molecule has 1 heterocycles. The van der Waals surface area contributed by atoms with Gasteiger partial charge >= 0.3 is 0 Å². The predicted octanol–water partition coefficient (Wildman–Crippen LogP) is 5.37. The van der Waals surface area contributed by atoms with E-state index in [2.05, 4.69) is 94.8 Å². The summed E-state index contributed by atoms with van der Waals surface area (Å²) < 4.78 is 0. The Morgan fingerprint density at radius 3 is 1.97 bits per heavy atom. The highest BCUT2D eigenvalue weighted by atomic mass is 15.2. The number of aliphatic imine (C=N–C) groups is 1. The summed E-state index contributed by atoms with van der Waals surface area (Å²) in [7, 11) is 2.01. The molecule has 4 nitrogen and oxygen atoms in total. The van der Waals surface area contributed by atoms with Gasteiger partial charge in [0, 0.05) is 26.1 Å². The van der Waals surface area contributed by atoms with Gasteiger partial charge in [-0.3, -0.25) is 4.99 Å². The molecule has 1 fully saturated rings. The summed E-state index contributed by atoms with van der Waals surface area (Å²) in [6, 6.07) is 32.5. The molecular weight excluding hydrogens is 416 g/mol. The van der Waals surface area contributed by atoms with Gasteiger partial charge in [-0.2, -0.15) is 0 Å². The van der Waals surface area contributed by atoms with Crippen LogP contribution in [0.2, 0.25) is 0 Å². The standard InChI is InChI=1S/C30H38N4/c1-33(24-25-12-5-2-6-13-25)30(31)32-20-11-21-34-22-18-28(19-23-34)29(26-14-7-3-8-15-26)27-16-9-4-10-17-27/h2-10,12-17,28-29H,11,18-24H2,1H3,(H2,31,32). The molecule has 0 radical (unpaired) electrons. The van der Waals surface area contributed by atoms with Crippen LogP contribution >= 0.6 is 0 Å². The minimum Gasteiger partial charge on any atom is -0.370 e. The molecule has 2 N–H and O–H groups in total. The van der Waals surface area contributed by atoms with Gasteiger partial charge < -0.3 is 15.5 Å². The zero-order valence-electron chi connectivity index (χ0n) is 20.4. The molecule has 0 amide bonds. The van der Waals surface area contributed by atoms with Crippen LogP contribution < -0.4 is 5.73 Å². The van der Waals surface area contributed by atoms with Crippen molar-refractivity contribution in [3.63, 3.8) is 0 Å². The normalized spacial score (nSPS) is 15.5. The first-order valence-electron chi connectivity index (χ1n) is 12.6. The van der Waals surface area contributed by atoms with E-state index in [0.717, 1.165) is 39.1 Å². The van der Waals surface area contributed by atoms with Crippen molar-refractivity contribution in [2.24, 2.45) is 16.6 Å². The number of likely N-dealkylation sites (tertiary alicyclic amines) is 1. The molecule has 0 aromatic heterocycles. The van der Waals surface area contributed by atoms with Crippen molar-refractivity contribution >= 4 is 5.96 Å². The van der Waals surface area contributed by atoms with Gasteiger partial charge in [-0.05, 0) is 61.5 Å². The van der Waals surface area contributed by atoms with Crippen LogP contribution in [0.3, 0.4) is 0 Å². The van der Waals surface area contributed by atoms with Gasteiger partial charge in [0.05, 0.1) is 0 Å². The summed E-state index contributed by atoms with van der Waals surface area (Å²) >= 11 is 0. The van der Waals surface area contributed by atoms with E-state index in [-0.39, 0.29) is 0 Å². The Labute approximate surface area is 205 Å². The SMILES string of the molecule is CN(Cc1ccccc1)C(N)=NCCCN1CCC(C(c2ccccc2)c2ccccc2)CC1. The maximum atomic E-state index is 6.21. The van der Waals surface area contributed by atoms with Crippen molar-refractivity contribution in [3.8, 4) is 0 Å². The average Bonchev–Trinajstić information content (AvgIpc) is 2.89. The predicted molar refractivity (Wildman–Crippen MR) is 143 cm³/mol. The molecule has 34 heavy (non-hydrogen) atoms. The van der Waals surface area contributed by atoms with Crippen LogP contribution in [0.25, 0.3) is 0 Å². The van der Waals surface area contributed by atoms with E-state index in [0.29, 0.717) is 17.8 Å². The third kappa shape index (κ3) is 6.71. The Morgan fingerprint density at radius 1 is 0.882 bits per heavy atom. The fourth-order valence-corrected chi connectivity index (χ4v) is 5.11. The summed E-state index contributed by atoms with van der Waals surface area (Å²) in [5.74, 6) is 1.78. The molecule has 1 aliphatic heterocycles. The lowest BCUT2D eigenvalue weighted by Crippen LogP contribution is -2.37. The first-order valence-corrected chi connectivity index (χ1v) is 12.6. The fraction of sp³-hybridized carbons (Fsp3) is 0.367. The van der Waals surface area contributed by atoms with Crippen LogP contribution in [0, 0.1) is 5.92 Å². The van der Waals surface area contributed by atoms with E-state index >= 15 is 0 Å². The van der Waals surface area contributed by atoms with Gasteiger partial charge in [-0.15, -0.1) is 0 Å². The molecule has 1 saturated heterocycles. The third-order valence-electron chi connectivity index (χ3n) is 6.98. The van der Waals surface area contributed by atoms with Gasteiger partial charge in [0.2, 0.25) is 0 Å². The highest BCUT2D eigenvalue weighted by Gasteiger charge is 2.28. The van der Waals surface area contributed by atoms with Crippen LogP contribution in [0.1, 0.15) is 41.9 Å². The van der Waals surface area contributed by atoms with Crippen LogP contribution in [0.15, 0.2) is 96.0 Å². The Kier molecular flexibility index (Phi) is 8.75. The van der Waals surface area contributed by atoms with Crippen LogP contribution in [0.5, 0.6) is 0 Å². The molecule has 0 unspecified atom stereocenters. The molecule has 4 heteroatoms. The largest absolute Gasteiger partial charge is 0.370 e. The average molecular weight is 455 g/mol. The van der Waals surface area contributed by atoms with Gasteiger partial charge in [-0.1, -0.05) is 91.0 Å². The molecule has 0 aliphatic carbocycles. The second kappa shape index (κ2) is 12.4. The van der Waals surface area contributed by atoms with E-state index < -0.39 is 0 Å². The Bertz CT molecular complexity index is 956. The number of rotatable bonds is 9. The number of hydrogen-bond acceptors (Lipinski definition) is 2. The minimum atomic E-state index is 0.481. The zero-order valence-corrected chi connectivity index (χ0v) is 20.4. The Hall–Kier alpha value is -3.11. The first kappa shape index (κ1) is 24.0. The molecule has 0 saturated carbocycles. The van der Waals surface area contributed by atoms with Gasteiger partial charge in [0.1, 0.15) is 0 Å². The summed E-state index contributed by atoms with van der Waals surface area (Å²) in [5.41, 5.74) is 10.3. The minimum absolute atomic E-state index is 0.481. The van der Waals surface area contributed by atoms with E-state index in [9.17, 15) is 0 Å². The highest BCUT2D eigenvalue weighted by Crippen LogP contribution is 2.37. The smallest absolute Gasteiger partial charge is 0.191 e. The molecule has 3 aromatic rings. The van der Waals surface area contributed by atoms with Crippen molar-refractivity contribution in [2.45, 2.75) is 31.7 Å². The van der Waals surface area contributed by atoms with Gasteiger partial charge in [0.25, 0.3) is 0 Å². The van der Waals surface area contributed by atoms with Gasteiger partial charge in [0.15, 0.2) is 5.96 Å². The maximum absolute atomic E-state index is 6.21. The number of piperidine rings is 1. The van der Waals surface area contributed by atoms with Crippen molar-refractivity contribution in [1.82, 2.24) is 9.80 Å². The fourth-order valence-electron chi connectivity index (χ4n) is 5.11. The second-order valence-corrected chi connectivity index (χ2v) is 9.41. The Balaban J connectivity index is 1.24. The second-order valence-electron chi connectivity index (χ2n) is 9.41. The molecule has 0 spiro atoms. The quantitative estimate of drug-likeness (QED) is 0.269. The van der Waals surface area contributed by atoms with E-state index in [1.165, 1.54) is 29.5 Å². The molecule has 178 valence electrons. The molecule has 4 rings (SSSR count). The van der Waals surface area contributed by atoms with E-state index in [1.807, 2.05) is 18.0 Å². The summed E-state index contributed by atoms with van der Waals surface area (Å²) in [6.07, 6.45) is 3.52. The first-order chi connectivity index (χ1) is 16.7. The van der Waals surface area contributed by atoms with Crippen LogP contribution in [-0.2, 0) is 6.54 Å². The summed E-state index contributed by atoms with van der Waals surface area (Å²) in [5, 5.41) is 0. The molecule has 0 atom stereocenters. The number of nitrogens with zero attached hydrogens (tertiary/aromatic N) is 3. The topological polar surface area (TPSA) is 44.9 Å². The van der Waals surface area contributed by atoms with Crippen molar-refractivity contribution in [2.75, 3.05) is 33.2 Å². The lowest BCUT2D eigenvalue weighted by molar-refractivity contribution is 0.174. The summed E-state index contributed by atoms with van der Waals surface area (Å²) in [4.78, 5) is 9.24. The van der Waals surface area contributed by atoms with E-state index in [1.54, 1.807) is 0 Å². The molecule has 3 aromatic carbocycles. The van der Waals surface area contributed by atoms with Crippen LogP contribution in [-0.4, -0.2) is 49.0 Å². The highest BCUT2D eigenvalue weighted by molar-refractivity contribution is 5.77. The third-order valence-corrected chi connectivity index (χ3v) is 6.98. The Morgan fingerprint density at radius 2 is 1.41 bits per heavy atom. The maximum Gasteiger partial charge on any atom is 0.191 e. The number of nitrogens with two attached hydrogens (primary N) is 1. The zero-order chi connectivity index (χ0) is 23.6. The molecule has 1 aliphatic rings. The lowest BCUT2D eigenvalue weighted by atomic mass is 9.76. The van der Waals surface area contributed by atoms with E-state index in [4.69, 9.17) is 5.73 Å². The lowest BCUT2D eigenvalue weighted by Gasteiger charge is -2.36. The molecular formula is C30H38N4. The van der Waals surface area contributed by atoms with Crippen molar-refractivity contribution in [1.29, 1.82) is 0 Å². The molecule has 0 bridgehead atoms. The monoisotopic (exact) mass is 454 g/mol. The van der Waals surface area contributed by atoms with Crippen molar-refractivity contribution < 1.29 is 0 Å². The number of hydrogen-bond donors (Lipinski definition) is 1. The summed E-state index contributed by atoms with van der Waals surface area (Å²) in [6.45, 7) is 4.98. The number of guanidine groups is 1. The van der Waals surface area contributed by atoms with Gasteiger partial charge in [-0.25, -0.2) is 0 Å². The van der Waals surface area contributed by atoms with Crippen molar-refractivity contribution in [3.05, 3.63) is 108 Å². The number of benzene rings is 3. The van der Waals surface area contributed by atoms with Crippen LogP contribution in [0.4, 0.5) is 0 Å².